The number of sulfonamides is 1. The minimum absolute atomic E-state index is 0.0493. The van der Waals surface area contributed by atoms with Gasteiger partial charge in [-0.3, -0.25) is 9.59 Å². The van der Waals surface area contributed by atoms with Gasteiger partial charge in [0.25, 0.3) is 0 Å². The quantitative estimate of drug-likeness (QED) is 0.457. The molecule has 8 heteroatoms. The van der Waals surface area contributed by atoms with E-state index in [1.165, 1.54) is 19.1 Å². The number of aromatic nitrogens is 1. The monoisotopic (exact) mass is 414 g/mol. The molecule has 0 saturated carbocycles. The van der Waals surface area contributed by atoms with Gasteiger partial charge >= 0.3 is 5.97 Å². The van der Waals surface area contributed by atoms with Gasteiger partial charge in [-0.25, -0.2) is 8.42 Å². The highest BCUT2D eigenvalue weighted by atomic mass is 32.2. The molecule has 0 spiro atoms. The van der Waals surface area contributed by atoms with Crippen LogP contribution in [0, 0.1) is 13.8 Å². The SMILES string of the molecule is Cc1ccc(S(=O)(=O)N[C@@H](C)C(=O)OCC(=O)c2c(C)[nH]c3ccccc23)cc1. The zero-order valence-corrected chi connectivity index (χ0v) is 17.2. The summed E-state index contributed by atoms with van der Waals surface area (Å²) in [6, 6.07) is 12.4. The molecule has 0 radical (unpaired) electrons. The average Bonchev–Trinajstić information content (AvgIpc) is 3.01. The van der Waals surface area contributed by atoms with Crippen LogP contribution >= 0.6 is 0 Å². The molecule has 1 atom stereocenters. The highest BCUT2D eigenvalue weighted by molar-refractivity contribution is 7.89. The second-order valence-corrected chi connectivity index (χ2v) is 8.57. The smallest absolute Gasteiger partial charge is 0.324 e. The molecule has 1 aromatic heterocycles. The Hall–Kier alpha value is -2.97. The molecule has 29 heavy (non-hydrogen) atoms. The minimum atomic E-state index is -3.88. The number of H-pyrrole nitrogens is 1. The molecule has 0 amide bonds. The van der Waals surface area contributed by atoms with Crippen molar-refractivity contribution in [1.29, 1.82) is 0 Å². The summed E-state index contributed by atoms with van der Waals surface area (Å²) in [5.41, 5.74) is 2.88. The first-order chi connectivity index (χ1) is 13.7. The molecule has 0 unspecified atom stereocenters. The summed E-state index contributed by atoms with van der Waals surface area (Å²) >= 11 is 0. The predicted octanol–water partition coefficient (Wildman–Crippen LogP) is 2.88. The highest BCUT2D eigenvalue weighted by Crippen LogP contribution is 2.22. The van der Waals surface area contributed by atoms with Gasteiger partial charge in [0.2, 0.25) is 15.8 Å². The van der Waals surface area contributed by atoms with Crippen LogP contribution in [-0.2, 0) is 19.6 Å². The summed E-state index contributed by atoms with van der Waals surface area (Å²) in [5.74, 6) is -1.19. The Morgan fingerprint density at radius 1 is 1.07 bits per heavy atom. The van der Waals surface area contributed by atoms with Crippen LogP contribution in [0.15, 0.2) is 53.4 Å². The fourth-order valence-electron chi connectivity index (χ4n) is 3.04. The lowest BCUT2D eigenvalue weighted by atomic mass is 10.1. The molecule has 152 valence electrons. The van der Waals surface area contributed by atoms with Crippen LogP contribution in [0.5, 0.6) is 0 Å². The average molecular weight is 414 g/mol. The number of carbonyl (C=O) groups is 2. The molecule has 0 fully saturated rings. The molecule has 0 aliphatic carbocycles. The van der Waals surface area contributed by atoms with Gasteiger partial charge in [0, 0.05) is 22.2 Å². The van der Waals surface area contributed by atoms with Gasteiger partial charge in [-0.1, -0.05) is 35.9 Å². The first kappa shape index (κ1) is 20.8. The van der Waals surface area contributed by atoms with Crippen LogP contribution in [0.2, 0.25) is 0 Å². The fourth-order valence-corrected chi connectivity index (χ4v) is 4.23. The van der Waals surface area contributed by atoms with Crippen LogP contribution in [0.4, 0.5) is 0 Å². The first-order valence-electron chi connectivity index (χ1n) is 9.05. The lowest BCUT2D eigenvalue weighted by Crippen LogP contribution is -2.40. The Morgan fingerprint density at radius 3 is 2.41 bits per heavy atom. The Kier molecular flexibility index (Phi) is 5.86. The van der Waals surface area contributed by atoms with E-state index in [4.69, 9.17) is 4.74 Å². The number of benzene rings is 2. The van der Waals surface area contributed by atoms with E-state index in [1.807, 2.05) is 31.2 Å². The Labute approximate surface area is 169 Å². The van der Waals surface area contributed by atoms with E-state index in [9.17, 15) is 18.0 Å². The number of Topliss-reactive ketones (excluding diaryl/α,β-unsaturated/α-hetero) is 1. The molecule has 0 aliphatic heterocycles. The van der Waals surface area contributed by atoms with E-state index < -0.39 is 28.6 Å². The Bertz CT molecular complexity index is 1160. The molecule has 3 aromatic rings. The Balaban J connectivity index is 1.64. The van der Waals surface area contributed by atoms with E-state index >= 15 is 0 Å². The van der Waals surface area contributed by atoms with Crippen molar-refractivity contribution in [3.05, 3.63) is 65.4 Å². The van der Waals surface area contributed by atoms with E-state index in [0.29, 0.717) is 11.3 Å². The van der Waals surface area contributed by atoms with E-state index in [0.717, 1.165) is 16.5 Å². The second-order valence-electron chi connectivity index (χ2n) is 6.86. The van der Waals surface area contributed by atoms with Crippen molar-refractivity contribution in [2.24, 2.45) is 0 Å². The van der Waals surface area contributed by atoms with Gasteiger partial charge in [0.15, 0.2) is 6.61 Å². The maximum Gasteiger partial charge on any atom is 0.324 e. The number of rotatable bonds is 7. The molecular formula is C21H22N2O5S. The molecule has 2 aromatic carbocycles. The standard InChI is InChI=1S/C21H22N2O5S/c1-13-8-10-16(11-9-13)29(26,27)23-15(3)21(25)28-12-19(24)20-14(2)22-18-7-5-4-6-17(18)20/h4-11,15,22-23H,12H2,1-3H3/t15-/m0/s1. The number of fused-ring (bicyclic) bond motifs is 1. The molecule has 2 N–H and O–H groups in total. The van der Waals surface area contributed by atoms with Crippen molar-refractivity contribution in [1.82, 2.24) is 9.71 Å². The maximum atomic E-state index is 12.6. The van der Waals surface area contributed by atoms with Crippen molar-refractivity contribution in [2.75, 3.05) is 6.61 Å². The number of aromatic amines is 1. The third-order valence-electron chi connectivity index (χ3n) is 4.53. The van der Waals surface area contributed by atoms with Gasteiger partial charge < -0.3 is 9.72 Å². The van der Waals surface area contributed by atoms with Crippen LogP contribution < -0.4 is 4.72 Å². The van der Waals surface area contributed by atoms with E-state index in [2.05, 4.69) is 9.71 Å². The van der Waals surface area contributed by atoms with Gasteiger partial charge in [-0.05, 0) is 39.0 Å². The molecule has 0 aliphatic rings. The zero-order chi connectivity index (χ0) is 21.2. The van der Waals surface area contributed by atoms with Crippen molar-refractivity contribution >= 4 is 32.7 Å². The van der Waals surface area contributed by atoms with E-state index in [1.54, 1.807) is 19.1 Å². The topological polar surface area (TPSA) is 105 Å². The number of hydrogen-bond acceptors (Lipinski definition) is 5. The number of hydrogen-bond donors (Lipinski definition) is 2. The fraction of sp³-hybridized carbons (Fsp3) is 0.238. The number of aryl methyl sites for hydroxylation is 2. The molecule has 0 saturated heterocycles. The Morgan fingerprint density at radius 2 is 1.72 bits per heavy atom. The maximum absolute atomic E-state index is 12.6. The number of para-hydroxylation sites is 1. The largest absolute Gasteiger partial charge is 0.456 e. The number of esters is 1. The summed E-state index contributed by atoms with van der Waals surface area (Å²) in [4.78, 5) is 28.0. The third-order valence-corrected chi connectivity index (χ3v) is 6.09. The molecular weight excluding hydrogens is 392 g/mol. The van der Waals surface area contributed by atoms with Crippen LogP contribution in [-0.4, -0.2) is 37.8 Å². The second kappa shape index (κ2) is 8.18. The molecule has 1 heterocycles. The normalized spacial score (nSPS) is 12.7. The van der Waals surface area contributed by atoms with Crippen molar-refractivity contribution < 1.29 is 22.7 Å². The van der Waals surface area contributed by atoms with Crippen molar-refractivity contribution in [2.45, 2.75) is 31.7 Å². The van der Waals surface area contributed by atoms with E-state index in [-0.39, 0.29) is 10.7 Å². The van der Waals surface area contributed by atoms with Gasteiger partial charge in [0.05, 0.1) is 4.90 Å². The summed E-state index contributed by atoms with van der Waals surface area (Å²) in [6.07, 6.45) is 0. The van der Waals surface area contributed by atoms with Crippen LogP contribution in [0.1, 0.15) is 28.5 Å². The van der Waals surface area contributed by atoms with Crippen LogP contribution in [0.3, 0.4) is 0 Å². The number of ketones is 1. The lowest BCUT2D eigenvalue weighted by Gasteiger charge is -2.13. The highest BCUT2D eigenvalue weighted by Gasteiger charge is 2.24. The third kappa shape index (κ3) is 4.55. The van der Waals surface area contributed by atoms with Crippen LogP contribution in [0.25, 0.3) is 10.9 Å². The van der Waals surface area contributed by atoms with Gasteiger partial charge in [-0.15, -0.1) is 0 Å². The number of nitrogens with one attached hydrogen (secondary N) is 2. The summed E-state index contributed by atoms with van der Waals surface area (Å²) in [7, 11) is -3.88. The molecule has 7 nitrogen and oxygen atoms in total. The summed E-state index contributed by atoms with van der Waals surface area (Å²) < 4.78 is 32.1. The van der Waals surface area contributed by atoms with Gasteiger partial charge in [-0.2, -0.15) is 4.72 Å². The van der Waals surface area contributed by atoms with Crippen molar-refractivity contribution in [3.63, 3.8) is 0 Å². The summed E-state index contributed by atoms with van der Waals surface area (Å²) in [6.45, 7) is 4.51. The predicted molar refractivity (Wildman–Crippen MR) is 109 cm³/mol. The molecule has 3 rings (SSSR count). The zero-order valence-electron chi connectivity index (χ0n) is 16.4. The first-order valence-corrected chi connectivity index (χ1v) is 10.5. The summed E-state index contributed by atoms with van der Waals surface area (Å²) in [5, 5.41) is 0.749. The number of carbonyl (C=O) groups excluding carboxylic acids is 2. The number of ether oxygens (including phenoxy) is 1. The van der Waals surface area contributed by atoms with Gasteiger partial charge in [0.1, 0.15) is 6.04 Å². The minimum Gasteiger partial charge on any atom is -0.456 e. The lowest BCUT2D eigenvalue weighted by molar-refractivity contribution is -0.144. The van der Waals surface area contributed by atoms with Crippen molar-refractivity contribution in [3.8, 4) is 0 Å². The molecule has 0 bridgehead atoms.